The van der Waals surface area contributed by atoms with Gasteiger partial charge in [-0.05, 0) is 56.3 Å². The molecule has 6 heteroatoms. The first-order valence-corrected chi connectivity index (χ1v) is 9.95. The van der Waals surface area contributed by atoms with E-state index in [2.05, 4.69) is 15.4 Å². The Bertz CT molecular complexity index is 1170. The second-order valence-corrected chi connectivity index (χ2v) is 7.21. The molecule has 0 radical (unpaired) electrons. The van der Waals surface area contributed by atoms with Crippen LogP contribution in [0.25, 0.3) is 10.9 Å². The van der Waals surface area contributed by atoms with Crippen molar-refractivity contribution in [1.29, 1.82) is 0 Å². The molecule has 0 unspecified atom stereocenters. The maximum atomic E-state index is 12.3. The number of nitrogens with zero attached hydrogens (tertiary/aromatic N) is 3. The lowest BCUT2D eigenvalue weighted by atomic mass is 10.2. The number of hydrogen-bond donors (Lipinski definition) is 1. The summed E-state index contributed by atoms with van der Waals surface area (Å²) in [4.78, 5) is 17.0. The maximum absolute atomic E-state index is 12.3. The molecule has 0 atom stereocenters. The van der Waals surface area contributed by atoms with Crippen molar-refractivity contribution in [2.75, 3.05) is 6.54 Å². The third-order valence-electron chi connectivity index (χ3n) is 4.87. The maximum Gasteiger partial charge on any atom is 0.251 e. The molecule has 1 amide bonds. The molecular weight excluding hydrogens is 376 g/mol. The summed E-state index contributed by atoms with van der Waals surface area (Å²) in [5.41, 5.74) is 4.47. The number of aryl methyl sites for hydroxylation is 2. The minimum absolute atomic E-state index is 0.112. The number of amides is 1. The zero-order chi connectivity index (χ0) is 20.9. The second-order valence-electron chi connectivity index (χ2n) is 7.21. The van der Waals surface area contributed by atoms with Crippen LogP contribution in [0.5, 0.6) is 5.75 Å². The van der Waals surface area contributed by atoms with E-state index in [0.29, 0.717) is 31.0 Å². The number of ether oxygens (including phenoxy) is 1. The van der Waals surface area contributed by atoms with Gasteiger partial charge in [-0.2, -0.15) is 5.10 Å². The molecule has 1 N–H and O–H groups in total. The molecule has 0 fully saturated rings. The van der Waals surface area contributed by atoms with Crippen molar-refractivity contribution in [3.8, 4) is 5.75 Å². The zero-order valence-electron chi connectivity index (χ0n) is 17.1. The third kappa shape index (κ3) is 4.66. The third-order valence-corrected chi connectivity index (χ3v) is 4.87. The van der Waals surface area contributed by atoms with Crippen LogP contribution in [0.4, 0.5) is 0 Å². The fourth-order valence-electron chi connectivity index (χ4n) is 3.33. The molecule has 0 aliphatic heterocycles. The molecular formula is C24H24N4O2. The number of nitrogens with one attached hydrogen (secondary N) is 1. The normalized spacial score (nSPS) is 10.9. The fraction of sp³-hybridized carbons (Fsp3) is 0.208. The summed E-state index contributed by atoms with van der Waals surface area (Å²) in [5.74, 6) is 0.587. The lowest BCUT2D eigenvalue weighted by Gasteiger charge is -2.09. The Balaban J connectivity index is 1.29. The molecule has 0 aliphatic rings. The van der Waals surface area contributed by atoms with Gasteiger partial charge in [-0.15, -0.1) is 0 Å². The predicted octanol–water partition coefficient (Wildman–Crippen LogP) is 4.06. The van der Waals surface area contributed by atoms with Crippen molar-refractivity contribution in [3.63, 3.8) is 0 Å². The molecule has 0 saturated heterocycles. The Morgan fingerprint density at radius 3 is 2.60 bits per heavy atom. The summed E-state index contributed by atoms with van der Waals surface area (Å²) in [7, 11) is 0. The highest BCUT2D eigenvalue weighted by Crippen LogP contribution is 2.16. The zero-order valence-corrected chi connectivity index (χ0v) is 17.1. The smallest absolute Gasteiger partial charge is 0.251 e. The topological polar surface area (TPSA) is 69.0 Å². The van der Waals surface area contributed by atoms with Crippen LogP contribution in [0.2, 0.25) is 0 Å². The molecule has 0 aliphatic carbocycles. The number of pyridine rings is 1. The van der Waals surface area contributed by atoms with E-state index in [1.165, 1.54) is 0 Å². The van der Waals surface area contributed by atoms with Crippen LogP contribution in [0.15, 0.2) is 66.7 Å². The van der Waals surface area contributed by atoms with Crippen LogP contribution in [0, 0.1) is 13.8 Å². The molecule has 4 rings (SSSR count). The van der Waals surface area contributed by atoms with Gasteiger partial charge in [0, 0.05) is 23.2 Å². The monoisotopic (exact) mass is 400 g/mol. The largest absolute Gasteiger partial charge is 0.487 e. The van der Waals surface area contributed by atoms with Gasteiger partial charge in [-0.1, -0.05) is 24.3 Å². The number of fused-ring (bicyclic) bond motifs is 1. The average molecular weight is 400 g/mol. The highest BCUT2D eigenvalue weighted by atomic mass is 16.5. The number of carbonyl (C=O) groups is 1. The first-order valence-electron chi connectivity index (χ1n) is 9.95. The summed E-state index contributed by atoms with van der Waals surface area (Å²) >= 11 is 0. The van der Waals surface area contributed by atoms with Crippen molar-refractivity contribution in [3.05, 3.63) is 89.4 Å². The number of para-hydroxylation sites is 1. The molecule has 2 aromatic carbocycles. The summed E-state index contributed by atoms with van der Waals surface area (Å²) in [5, 5.41) is 8.43. The van der Waals surface area contributed by atoms with Crippen LogP contribution in [-0.4, -0.2) is 27.2 Å². The van der Waals surface area contributed by atoms with Gasteiger partial charge in [0.25, 0.3) is 5.91 Å². The van der Waals surface area contributed by atoms with Gasteiger partial charge in [0.1, 0.15) is 12.4 Å². The minimum Gasteiger partial charge on any atom is -0.487 e. The second kappa shape index (κ2) is 8.78. The number of hydrogen-bond acceptors (Lipinski definition) is 4. The Morgan fingerprint density at radius 1 is 1.03 bits per heavy atom. The molecule has 6 nitrogen and oxygen atoms in total. The Hall–Kier alpha value is -3.67. The van der Waals surface area contributed by atoms with Gasteiger partial charge in [0.15, 0.2) is 0 Å². The van der Waals surface area contributed by atoms with Crippen LogP contribution in [0.1, 0.15) is 27.4 Å². The standard InChI is InChI=1S/C24H24N4O2/c1-17-15-18(2)28(27-17)14-13-25-24(29)20-8-11-22(12-9-20)30-16-21-10-7-19-5-3-4-6-23(19)26-21/h3-12,15H,13-14,16H2,1-2H3,(H,25,29). The van der Waals surface area contributed by atoms with E-state index in [0.717, 1.165) is 28.0 Å². The van der Waals surface area contributed by atoms with E-state index in [1.807, 2.05) is 61.0 Å². The van der Waals surface area contributed by atoms with Crippen LogP contribution >= 0.6 is 0 Å². The lowest BCUT2D eigenvalue weighted by molar-refractivity contribution is 0.0952. The van der Waals surface area contributed by atoms with Crippen LogP contribution in [0.3, 0.4) is 0 Å². The van der Waals surface area contributed by atoms with Crippen LogP contribution < -0.4 is 10.1 Å². The van der Waals surface area contributed by atoms with E-state index >= 15 is 0 Å². The molecule has 2 aromatic heterocycles. The van der Waals surface area contributed by atoms with Crippen molar-refractivity contribution in [2.45, 2.75) is 27.0 Å². The number of carbonyl (C=O) groups excluding carboxylic acids is 1. The number of aromatic nitrogens is 3. The van der Waals surface area contributed by atoms with Crippen molar-refractivity contribution < 1.29 is 9.53 Å². The summed E-state index contributed by atoms with van der Waals surface area (Å²) in [6.07, 6.45) is 0. The van der Waals surface area contributed by atoms with Gasteiger partial charge in [0.05, 0.1) is 23.4 Å². The van der Waals surface area contributed by atoms with Gasteiger partial charge in [-0.3, -0.25) is 9.48 Å². The van der Waals surface area contributed by atoms with Crippen molar-refractivity contribution in [1.82, 2.24) is 20.1 Å². The fourth-order valence-corrected chi connectivity index (χ4v) is 3.33. The van der Waals surface area contributed by atoms with E-state index in [-0.39, 0.29) is 5.91 Å². The minimum atomic E-state index is -0.112. The quantitative estimate of drug-likeness (QED) is 0.508. The van der Waals surface area contributed by atoms with Gasteiger partial charge >= 0.3 is 0 Å². The number of benzene rings is 2. The van der Waals surface area contributed by atoms with Crippen molar-refractivity contribution in [2.24, 2.45) is 0 Å². The van der Waals surface area contributed by atoms with Gasteiger partial charge in [-0.25, -0.2) is 4.98 Å². The molecule has 4 aromatic rings. The highest BCUT2D eigenvalue weighted by Gasteiger charge is 2.07. The van der Waals surface area contributed by atoms with Gasteiger partial charge in [0.2, 0.25) is 0 Å². The molecule has 0 spiro atoms. The molecule has 2 heterocycles. The number of rotatable bonds is 7. The first-order chi connectivity index (χ1) is 14.6. The summed E-state index contributed by atoms with van der Waals surface area (Å²) < 4.78 is 7.72. The van der Waals surface area contributed by atoms with E-state index in [1.54, 1.807) is 24.3 Å². The highest BCUT2D eigenvalue weighted by molar-refractivity contribution is 5.94. The van der Waals surface area contributed by atoms with Crippen LogP contribution in [-0.2, 0) is 13.2 Å². The van der Waals surface area contributed by atoms with E-state index in [9.17, 15) is 4.79 Å². The Morgan fingerprint density at radius 2 is 1.83 bits per heavy atom. The lowest BCUT2D eigenvalue weighted by Crippen LogP contribution is -2.27. The Labute approximate surface area is 175 Å². The summed E-state index contributed by atoms with van der Waals surface area (Å²) in [6.45, 7) is 5.51. The Kier molecular flexibility index (Phi) is 5.75. The molecule has 152 valence electrons. The first kappa shape index (κ1) is 19.6. The molecule has 0 saturated carbocycles. The van der Waals surface area contributed by atoms with E-state index in [4.69, 9.17) is 4.74 Å². The SMILES string of the molecule is Cc1cc(C)n(CCNC(=O)c2ccc(OCc3ccc4ccccc4n3)cc2)n1. The van der Waals surface area contributed by atoms with E-state index < -0.39 is 0 Å². The summed E-state index contributed by atoms with van der Waals surface area (Å²) in [6, 6.07) is 21.2. The average Bonchev–Trinajstić information content (AvgIpc) is 3.09. The van der Waals surface area contributed by atoms with Gasteiger partial charge < -0.3 is 10.1 Å². The molecule has 0 bridgehead atoms. The molecule has 30 heavy (non-hydrogen) atoms. The predicted molar refractivity (Wildman–Crippen MR) is 117 cm³/mol. The van der Waals surface area contributed by atoms with Crippen molar-refractivity contribution >= 4 is 16.8 Å².